The lowest BCUT2D eigenvalue weighted by atomic mass is 9.88. The molecule has 2 aromatic carbocycles. The van der Waals surface area contributed by atoms with E-state index >= 15 is 0 Å². The number of benzene rings is 2. The molecule has 0 aliphatic heterocycles. The van der Waals surface area contributed by atoms with Crippen molar-refractivity contribution >= 4 is 74.8 Å². The number of rotatable bonds is 8. The number of carbonyl (C=O) groups is 3. The molecule has 0 fully saturated rings. The molecule has 2 N–H and O–H groups in total. The van der Waals surface area contributed by atoms with E-state index in [0.29, 0.717) is 32.8 Å². The zero-order valence-corrected chi connectivity index (χ0v) is 24.4. The second-order valence-corrected chi connectivity index (χ2v) is 12.5. The smallest absolute Gasteiger partial charge is 0.341 e. The van der Waals surface area contributed by atoms with Crippen LogP contribution in [0.1, 0.15) is 58.3 Å². The Labute approximate surface area is 240 Å². The average molecular weight is 592 g/mol. The fourth-order valence-electron chi connectivity index (χ4n) is 4.25. The van der Waals surface area contributed by atoms with Gasteiger partial charge in [-0.2, -0.15) is 0 Å². The number of anilines is 2. The number of hydrogen-bond donors (Lipinski definition) is 2. The number of nitrogens with one attached hydrogen (secondary N) is 2. The van der Waals surface area contributed by atoms with Crippen molar-refractivity contribution in [1.82, 2.24) is 0 Å². The molecule has 38 heavy (non-hydrogen) atoms. The number of halogens is 2. The third kappa shape index (κ3) is 6.72. The molecule has 1 aliphatic rings. The van der Waals surface area contributed by atoms with Gasteiger partial charge in [-0.1, -0.05) is 36.2 Å². The SMILES string of the molecule is CCOC(=O)c1c(NC(=O)C(C)Sc2cccc(NC(=O)c3ccc(Cl)cc3Cl)c2)sc2c1CCC(C)C2. The molecule has 2 atom stereocenters. The molecule has 200 valence electrons. The fraction of sp³-hybridized carbons (Fsp3) is 0.321. The van der Waals surface area contributed by atoms with Crippen molar-refractivity contribution in [2.24, 2.45) is 5.92 Å². The van der Waals surface area contributed by atoms with Crippen molar-refractivity contribution < 1.29 is 19.1 Å². The van der Waals surface area contributed by atoms with Crippen molar-refractivity contribution in [1.29, 1.82) is 0 Å². The molecule has 4 rings (SSSR count). The van der Waals surface area contributed by atoms with E-state index in [-0.39, 0.29) is 29.4 Å². The summed E-state index contributed by atoms with van der Waals surface area (Å²) in [4.78, 5) is 40.6. The molecule has 3 aromatic rings. The van der Waals surface area contributed by atoms with Crippen molar-refractivity contribution in [2.45, 2.75) is 50.2 Å². The van der Waals surface area contributed by atoms with Crippen LogP contribution in [0.2, 0.25) is 10.0 Å². The van der Waals surface area contributed by atoms with E-state index < -0.39 is 5.25 Å². The lowest BCUT2D eigenvalue weighted by Gasteiger charge is -2.18. The third-order valence-electron chi connectivity index (χ3n) is 6.18. The largest absolute Gasteiger partial charge is 0.462 e. The minimum Gasteiger partial charge on any atom is -0.462 e. The number of hydrogen-bond acceptors (Lipinski definition) is 6. The van der Waals surface area contributed by atoms with Crippen LogP contribution in [0.5, 0.6) is 0 Å². The van der Waals surface area contributed by atoms with Gasteiger partial charge in [-0.25, -0.2) is 4.79 Å². The molecule has 6 nitrogen and oxygen atoms in total. The summed E-state index contributed by atoms with van der Waals surface area (Å²) in [5.74, 6) is -0.422. The third-order valence-corrected chi connectivity index (χ3v) is 8.99. The average Bonchev–Trinajstić information content (AvgIpc) is 3.21. The predicted octanol–water partition coefficient (Wildman–Crippen LogP) is 7.73. The van der Waals surface area contributed by atoms with Crippen molar-refractivity contribution in [3.05, 3.63) is 74.1 Å². The van der Waals surface area contributed by atoms with Crippen LogP contribution in [-0.4, -0.2) is 29.6 Å². The molecule has 0 saturated carbocycles. The molecule has 1 heterocycles. The summed E-state index contributed by atoms with van der Waals surface area (Å²) >= 11 is 14.9. The highest BCUT2D eigenvalue weighted by molar-refractivity contribution is 8.00. The lowest BCUT2D eigenvalue weighted by molar-refractivity contribution is -0.115. The topological polar surface area (TPSA) is 84.5 Å². The highest BCUT2D eigenvalue weighted by atomic mass is 35.5. The molecule has 2 unspecified atom stereocenters. The summed E-state index contributed by atoms with van der Waals surface area (Å²) in [6, 6.07) is 11.9. The zero-order chi connectivity index (χ0) is 27.4. The first-order valence-electron chi connectivity index (χ1n) is 12.3. The lowest BCUT2D eigenvalue weighted by Crippen LogP contribution is -2.23. The zero-order valence-electron chi connectivity index (χ0n) is 21.2. The van der Waals surface area contributed by atoms with Crippen molar-refractivity contribution in [3.63, 3.8) is 0 Å². The monoisotopic (exact) mass is 590 g/mol. The van der Waals surface area contributed by atoms with Gasteiger partial charge in [-0.3, -0.25) is 9.59 Å². The van der Waals surface area contributed by atoms with Gasteiger partial charge in [0.05, 0.1) is 28.0 Å². The van der Waals surface area contributed by atoms with Gasteiger partial charge in [-0.15, -0.1) is 23.1 Å². The van der Waals surface area contributed by atoms with E-state index in [4.69, 9.17) is 27.9 Å². The van der Waals surface area contributed by atoms with Crippen LogP contribution in [0.15, 0.2) is 47.4 Å². The fourth-order valence-corrected chi connectivity index (χ4v) is 7.07. The first kappa shape index (κ1) is 28.5. The van der Waals surface area contributed by atoms with Crippen LogP contribution < -0.4 is 10.6 Å². The number of ether oxygens (including phenoxy) is 1. The highest BCUT2D eigenvalue weighted by Crippen LogP contribution is 2.40. The van der Waals surface area contributed by atoms with Crippen molar-refractivity contribution in [3.8, 4) is 0 Å². The summed E-state index contributed by atoms with van der Waals surface area (Å²) in [6.45, 7) is 6.05. The molecule has 2 amide bonds. The minimum atomic E-state index is -0.459. The van der Waals surface area contributed by atoms with E-state index in [2.05, 4.69) is 17.6 Å². The Morgan fingerprint density at radius 1 is 1.16 bits per heavy atom. The van der Waals surface area contributed by atoms with E-state index in [1.165, 1.54) is 29.2 Å². The first-order valence-corrected chi connectivity index (χ1v) is 14.8. The van der Waals surface area contributed by atoms with Crippen molar-refractivity contribution in [2.75, 3.05) is 17.2 Å². The molecule has 1 aromatic heterocycles. The number of fused-ring (bicyclic) bond motifs is 1. The van der Waals surface area contributed by atoms with E-state index in [9.17, 15) is 14.4 Å². The Balaban J connectivity index is 1.45. The van der Waals surface area contributed by atoms with Gasteiger partial charge in [0.2, 0.25) is 5.91 Å². The maximum atomic E-state index is 13.2. The number of esters is 1. The minimum absolute atomic E-state index is 0.213. The first-order chi connectivity index (χ1) is 18.2. The summed E-state index contributed by atoms with van der Waals surface area (Å²) in [5.41, 5.74) is 2.39. The summed E-state index contributed by atoms with van der Waals surface area (Å²) < 4.78 is 5.31. The van der Waals surface area contributed by atoms with Gasteiger partial charge >= 0.3 is 5.97 Å². The quantitative estimate of drug-likeness (QED) is 0.207. The maximum Gasteiger partial charge on any atom is 0.341 e. The van der Waals surface area contributed by atoms with Crippen LogP contribution in [0.4, 0.5) is 10.7 Å². The Morgan fingerprint density at radius 2 is 1.95 bits per heavy atom. The maximum absolute atomic E-state index is 13.2. The van der Waals surface area contributed by atoms with E-state index in [0.717, 1.165) is 34.6 Å². The van der Waals surface area contributed by atoms with Gasteiger partial charge in [0, 0.05) is 20.5 Å². The molecular formula is C28H28Cl2N2O4S2. The number of thiophene rings is 1. The Hall–Kier alpha value is -2.52. The number of carbonyl (C=O) groups excluding carboxylic acids is 3. The molecular weight excluding hydrogens is 563 g/mol. The second-order valence-electron chi connectivity index (χ2n) is 9.13. The van der Waals surface area contributed by atoms with Crippen LogP contribution in [0.3, 0.4) is 0 Å². The van der Waals surface area contributed by atoms with Crippen LogP contribution in [0.25, 0.3) is 0 Å². The van der Waals surface area contributed by atoms with Gasteiger partial charge in [-0.05, 0) is 81.0 Å². The Morgan fingerprint density at radius 3 is 2.68 bits per heavy atom. The highest BCUT2D eigenvalue weighted by Gasteiger charge is 2.30. The van der Waals surface area contributed by atoms with E-state index in [1.54, 1.807) is 44.2 Å². The van der Waals surface area contributed by atoms with E-state index in [1.807, 2.05) is 6.07 Å². The molecule has 0 spiro atoms. The van der Waals surface area contributed by atoms with Crippen LogP contribution in [-0.2, 0) is 22.4 Å². The summed E-state index contributed by atoms with van der Waals surface area (Å²) in [7, 11) is 0. The standard InChI is InChI=1S/C28H28Cl2N2O4S2/c1-4-36-28(35)24-21-10-8-15(2)12-23(21)38-27(24)32-25(33)16(3)37-19-7-5-6-18(14-19)31-26(34)20-11-9-17(29)13-22(20)30/h5-7,9,11,13-16H,4,8,10,12H2,1-3H3,(H,31,34)(H,32,33). The molecule has 0 bridgehead atoms. The number of amides is 2. The predicted molar refractivity (Wildman–Crippen MR) is 156 cm³/mol. The molecule has 1 aliphatic carbocycles. The van der Waals surface area contributed by atoms with Gasteiger partial charge in [0.25, 0.3) is 5.91 Å². The van der Waals surface area contributed by atoms with Gasteiger partial charge in [0.15, 0.2) is 0 Å². The van der Waals surface area contributed by atoms with Crippen LogP contribution >= 0.6 is 46.3 Å². The normalized spacial score (nSPS) is 15.3. The Kier molecular flexibility index (Phi) is 9.41. The molecule has 10 heteroatoms. The summed E-state index contributed by atoms with van der Waals surface area (Å²) in [6.07, 6.45) is 2.71. The van der Waals surface area contributed by atoms with Crippen LogP contribution in [0, 0.1) is 5.92 Å². The van der Waals surface area contributed by atoms with Gasteiger partial charge < -0.3 is 15.4 Å². The van der Waals surface area contributed by atoms with Gasteiger partial charge in [0.1, 0.15) is 5.00 Å². The Bertz CT molecular complexity index is 1370. The summed E-state index contributed by atoms with van der Waals surface area (Å²) in [5, 5.41) is 6.63. The molecule has 0 saturated heterocycles. The molecule has 0 radical (unpaired) electrons. The number of thioether (sulfide) groups is 1. The second kappa shape index (κ2) is 12.6.